The van der Waals surface area contributed by atoms with Crippen molar-refractivity contribution in [3.8, 4) is 0 Å². The van der Waals surface area contributed by atoms with Crippen LogP contribution < -0.4 is 0 Å². The summed E-state index contributed by atoms with van der Waals surface area (Å²) in [5.74, 6) is 0. The molecule has 1 aromatic carbocycles. The summed E-state index contributed by atoms with van der Waals surface area (Å²) in [7, 11) is 0. The molecular weight excluding hydrogens is 218 g/mol. The van der Waals surface area contributed by atoms with Gasteiger partial charge in [-0.2, -0.15) is 18.2 Å². The summed E-state index contributed by atoms with van der Waals surface area (Å²) >= 11 is 0. The molecule has 0 fully saturated rings. The molecule has 0 heterocycles. The van der Waals surface area contributed by atoms with Gasteiger partial charge in [-0.25, -0.2) is 12.1 Å². The van der Waals surface area contributed by atoms with Crippen LogP contribution in [0.3, 0.4) is 0 Å². The van der Waals surface area contributed by atoms with E-state index in [2.05, 4.69) is 0 Å². The molecule has 70 valence electrons. The summed E-state index contributed by atoms with van der Waals surface area (Å²) in [6.45, 7) is 0. The van der Waals surface area contributed by atoms with Crippen molar-refractivity contribution in [2.45, 2.75) is 0 Å². The van der Waals surface area contributed by atoms with Crippen LogP contribution in [-0.4, -0.2) is 0 Å². The standard InChI is InChI=1S/C5H5.Cr.HNO2.2NO/c1-2-4-5-3-1;;2-1-3;2*1-2/h1-5H;;(H,2,3);;/q-1;+4;;2*-1/p-1. The predicted molar refractivity (Wildman–Crippen MR) is 44.6 cm³/mol. The van der Waals surface area contributed by atoms with Gasteiger partial charge >= 0.3 is 17.4 Å². The van der Waals surface area contributed by atoms with Gasteiger partial charge in [-0.3, -0.25) is 0 Å². The summed E-state index contributed by atoms with van der Waals surface area (Å²) in [5.41, 5.74) is 11.5. The van der Waals surface area contributed by atoms with Crippen molar-refractivity contribution < 1.29 is 17.4 Å². The quantitative estimate of drug-likeness (QED) is 0.379. The average Bonchev–Trinajstić information content (AvgIpc) is 2.69. The fraction of sp³-hybridized carbons (Fsp3) is 0. The third-order valence-electron chi connectivity index (χ3n) is 0.556. The summed E-state index contributed by atoms with van der Waals surface area (Å²) in [6.07, 6.45) is 0. The van der Waals surface area contributed by atoms with Crippen molar-refractivity contribution >= 4 is 0 Å². The zero-order valence-corrected chi connectivity index (χ0v) is 7.54. The van der Waals surface area contributed by atoms with Crippen molar-refractivity contribution in [1.29, 1.82) is 0 Å². The van der Waals surface area contributed by atoms with Gasteiger partial charge in [0.05, 0.1) is 0 Å². The van der Waals surface area contributed by atoms with Crippen LogP contribution in [0, 0.1) is 19.9 Å². The first-order valence-corrected chi connectivity index (χ1v) is 2.40. The molecule has 0 radical (unpaired) electrons. The molecule has 0 N–H and O–H groups in total. The van der Waals surface area contributed by atoms with Crippen LogP contribution >= 0.6 is 0 Å². The second kappa shape index (κ2) is 46.9. The molecule has 0 unspecified atom stereocenters. The summed E-state index contributed by atoms with van der Waals surface area (Å²) in [5, 5.41) is 9.00. The Morgan fingerprint density at radius 1 is 1.08 bits per heavy atom. The van der Waals surface area contributed by atoms with E-state index in [1.807, 2.05) is 30.3 Å². The van der Waals surface area contributed by atoms with Gasteiger partial charge in [-0.1, -0.05) is 0 Å². The van der Waals surface area contributed by atoms with Crippen LogP contribution in [0.25, 0.3) is 11.2 Å². The molecule has 1 rings (SSSR count). The molecule has 7 nitrogen and oxygen atoms in total. The number of nitroso groups, excluding NO2 is 2. The fourth-order valence-corrected chi connectivity index (χ4v) is 0.321. The zero-order valence-electron chi connectivity index (χ0n) is 6.27. The fourth-order valence-electron chi connectivity index (χ4n) is 0.321. The van der Waals surface area contributed by atoms with Gasteiger partial charge < -0.3 is 31.1 Å². The van der Waals surface area contributed by atoms with E-state index in [0.29, 0.717) is 0 Å². The molecule has 0 amide bonds. The van der Waals surface area contributed by atoms with E-state index in [1.165, 1.54) is 0 Å². The van der Waals surface area contributed by atoms with Crippen LogP contribution in [0.15, 0.2) is 35.7 Å². The molecule has 0 spiro atoms. The van der Waals surface area contributed by atoms with Crippen molar-refractivity contribution in [1.82, 2.24) is 0 Å². The number of rotatable bonds is 0. The molecule has 8 heteroatoms. The van der Waals surface area contributed by atoms with Gasteiger partial charge in [-0.05, 0) is 0 Å². The maximum absolute atomic E-state index is 8.00. The van der Waals surface area contributed by atoms with E-state index < -0.39 is 0 Å². The molecule has 0 aliphatic rings. The largest absolute Gasteiger partial charge is 4.00 e. The third-order valence-corrected chi connectivity index (χ3v) is 0.556. The monoisotopic (exact) mass is 223 g/mol. The Morgan fingerprint density at radius 3 is 1.38 bits per heavy atom. The predicted octanol–water partition coefficient (Wildman–Crippen LogP) is 2.30. The smallest absolute Gasteiger partial charge is 0.577 e. The van der Waals surface area contributed by atoms with E-state index in [4.69, 9.17) is 31.1 Å². The first-order chi connectivity index (χ1) is 5.91. The first kappa shape index (κ1) is 22.5. The van der Waals surface area contributed by atoms with Crippen LogP contribution in [0.5, 0.6) is 0 Å². The second-order valence-electron chi connectivity index (χ2n) is 1.04. The number of hydrogen-bond donors (Lipinski definition) is 0. The van der Waals surface area contributed by atoms with Gasteiger partial charge in [-0.15, -0.1) is 5.34 Å². The SMILES string of the molecule is O=N[O-].[Cr+4].[N-]=O.[N-]=O.c1cc[cH-]c1. The molecule has 13 heavy (non-hydrogen) atoms. The van der Waals surface area contributed by atoms with Crippen LogP contribution in [-0.2, 0) is 17.4 Å². The molecule has 1 aromatic rings. The normalized spacial score (nSPS) is 4.62. The summed E-state index contributed by atoms with van der Waals surface area (Å²) < 4.78 is 0. The molecule has 0 aromatic heterocycles. The van der Waals surface area contributed by atoms with Crippen molar-refractivity contribution in [3.05, 3.63) is 61.4 Å². The molecule has 0 aliphatic carbocycles. The summed E-state index contributed by atoms with van der Waals surface area (Å²) in [6, 6.07) is 10.0. The second-order valence-corrected chi connectivity index (χ2v) is 1.04. The third kappa shape index (κ3) is 62.2. The van der Waals surface area contributed by atoms with Crippen LogP contribution in [0.2, 0.25) is 0 Å². The maximum atomic E-state index is 8.00. The number of hydrogen-bond acceptors (Lipinski definition) is 5. The Labute approximate surface area is 84.7 Å². The molecule has 0 saturated heterocycles. The van der Waals surface area contributed by atoms with E-state index in [0.717, 1.165) is 5.34 Å². The minimum Gasteiger partial charge on any atom is -0.577 e. The molecule has 0 saturated carbocycles. The van der Waals surface area contributed by atoms with E-state index in [-0.39, 0.29) is 17.4 Å². The molecular formula is C5H5CrN3O4. The Balaban J connectivity index is -0.0000000453. The topological polar surface area (TPSA) is 131 Å². The van der Waals surface area contributed by atoms with Crippen LogP contribution in [0.1, 0.15) is 0 Å². The maximum Gasteiger partial charge on any atom is 4.00 e. The zero-order chi connectivity index (χ0) is 10.2. The number of nitrogens with zero attached hydrogens (tertiary/aromatic N) is 3. The van der Waals surface area contributed by atoms with Crippen molar-refractivity contribution in [2.24, 2.45) is 5.34 Å². The molecule has 0 aliphatic heterocycles. The minimum absolute atomic E-state index is 0. The minimum atomic E-state index is 0. The van der Waals surface area contributed by atoms with Gasteiger partial charge in [0, 0.05) is 0 Å². The average molecular weight is 223 g/mol. The molecule has 0 bridgehead atoms. The van der Waals surface area contributed by atoms with Crippen molar-refractivity contribution in [3.63, 3.8) is 0 Å². The Morgan fingerprint density at radius 2 is 1.31 bits per heavy atom. The van der Waals surface area contributed by atoms with Crippen molar-refractivity contribution in [2.75, 3.05) is 0 Å². The van der Waals surface area contributed by atoms with Crippen LogP contribution in [0.4, 0.5) is 0 Å². The molecule has 0 atom stereocenters. The Hall–Kier alpha value is -1.52. The van der Waals surface area contributed by atoms with E-state index in [9.17, 15) is 0 Å². The van der Waals surface area contributed by atoms with Gasteiger partial charge in [0.1, 0.15) is 0 Å². The summed E-state index contributed by atoms with van der Waals surface area (Å²) in [4.78, 5) is 22.5. The Kier molecular flexibility index (Phi) is 81.3. The van der Waals surface area contributed by atoms with Gasteiger partial charge in [0.25, 0.3) is 0 Å². The van der Waals surface area contributed by atoms with E-state index >= 15 is 0 Å². The van der Waals surface area contributed by atoms with E-state index in [1.54, 1.807) is 0 Å². The first-order valence-electron chi connectivity index (χ1n) is 2.40. The van der Waals surface area contributed by atoms with Gasteiger partial charge in [0.2, 0.25) is 0 Å². The Bertz CT molecular complexity index is 130. The van der Waals surface area contributed by atoms with Gasteiger partial charge in [0.15, 0.2) is 0 Å².